The predicted molar refractivity (Wildman–Crippen MR) is 103 cm³/mol. The molecule has 12 nitrogen and oxygen atoms in total. The van der Waals surface area contributed by atoms with Gasteiger partial charge in [0.2, 0.25) is 11.7 Å². The third-order valence-electron chi connectivity index (χ3n) is 4.29. The highest BCUT2D eigenvalue weighted by Gasteiger charge is 2.22. The van der Waals surface area contributed by atoms with E-state index in [9.17, 15) is 24.1 Å². The van der Waals surface area contributed by atoms with E-state index in [1.165, 1.54) is 36.7 Å². The summed E-state index contributed by atoms with van der Waals surface area (Å²) in [7, 11) is 0. The van der Waals surface area contributed by atoms with Crippen molar-refractivity contribution in [2.24, 2.45) is 0 Å². The number of hydrogen-bond acceptors (Lipinski definition) is 8. The van der Waals surface area contributed by atoms with E-state index in [-0.39, 0.29) is 54.0 Å². The molecule has 3 aromatic rings. The summed E-state index contributed by atoms with van der Waals surface area (Å²) in [4.78, 5) is 38.4. The fourth-order valence-electron chi connectivity index (χ4n) is 2.82. The number of nitrogens with one attached hydrogen (secondary N) is 2. The Morgan fingerprint density at radius 2 is 1.94 bits per heavy atom. The summed E-state index contributed by atoms with van der Waals surface area (Å²) in [6.45, 7) is 2.93. The molecule has 0 aliphatic rings. The summed E-state index contributed by atoms with van der Waals surface area (Å²) in [6.07, 6.45) is 0. The van der Waals surface area contributed by atoms with Crippen molar-refractivity contribution in [2.45, 2.75) is 20.4 Å². The van der Waals surface area contributed by atoms with E-state index in [2.05, 4.69) is 25.9 Å². The van der Waals surface area contributed by atoms with Crippen molar-refractivity contribution >= 4 is 17.5 Å². The SMILES string of the molecule is Cc1nn(CC(=O)NCCNC(=O)c2nc(-c3ccccc3F)no2)c(C)c1[N+](=O)[O-]. The van der Waals surface area contributed by atoms with Gasteiger partial charge in [-0.3, -0.25) is 24.4 Å². The Kier molecular flexibility index (Phi) is 6.33. The van der Waals surface area contributed by atoms with Crippen molar-refractivity contribution in [3.8, 4) is 11.4 Å². The maximum absolute atomic E-state index is 13.8. The summed E-state index contributed by atoms with van der Waals surface area (Å²) in [5.74, 6) is -2.08. The molecule has 0 unspecified atom stereocenters. The molecule has 0 saturated heterocycles. The zero-order valence-corrected chi connectivity index (χ0v) is 16.6. The lowest BCUT2D eigenvalue weighted by Crippen LogP contribution is -2.36. The van der Waals surface area contributed by atoms with Crippen LogP contribution in [-0.4, -0.2) is 49.7 Å². The van der Waals surface area contributed by atoms with Crippen LogP contribution in [0, 0.1) is 29.8 Å². The van der Waals surface area contributed by atoms with E-state index in [1.54, 1.807) is 6.07 Å². The number of hydrogen-bond donors (Lipinski definition) is 2. The van der Waals surface area contributed by atoms with Crippen LogP contribution in [0.25, 0.3) is 11.4 Å². The molecule has 0 aliphatic carbocycles. The van der Waals surface area contributed by atoms with E-state index >= 15 is 0 Å². The largest absolute Gasteiger partial charge is 0.353 e. The number of carbonyl (C=O) groups excluding carboxylic acids is 2. The van der Waals surface area contributed by atoms with Crippen molar-refractivity contribution in [1.29, 1.82) is 0 Å². The summed E-state index contributed by atoms with van der Waals surface area (Å²) >= 11 is 0. The molecular formula is C18H18FN7O5. The molecule has 2 N–H and O–H groups in total. The highest BCUT2D eigenvalue weighted by Crippen LogP contribution is 2.21. The van der Waals surface area contributed by atoms with Gasteiger partial charge >= 0.3 is 17.5 Å². The number of amides is 2. The van der Waals surface area contributed by atoms with Crippen LogP contribution in [0.4, 0.5) is 10.1 Å². The van der Waals surface area contributed by atoms with Gasteiger partial charge in [0.05, 0.1) is 10.5 Å². The molecule has 162 valence electrons. The van der Waals surface area contributed by atoms with E-state index in [0.29, 0.717) is 0 Å². The van der Waals surface area contributed by atoms with Gasteiger partial charge < -0.3 is 15.2 Å². The number of nitro groups is 1. The molecule has 2 heterocycles. The zero-order chi connectivity index (χ0) is 22.5. The van der Waals surface area contributed by atoms with Gasteiger partial charge in [0, 0.05) is 13.1 Å². The van der Waals surface area contributed by atoms with Gasteiger partial charge in [0.25, 0.3) is 0 Å². The summed E-state index contributed by atoms with van der Waals surface area (Å²) < 4.78 is 19.8. The van der Waals surface area contributed by atoms with Crippen molar-refractivity contribution in [3.05, 3.63) is 57.5 Å². The first kappa shape index (κ1) is 21.5. The molecule has 2 aromatic heterocycles. The van der Waals surface area contributed by atoms with Crippen LogP contribution in [0.3, 0.4) is 0 Å². The molecule has 0 aliphatic heterocycles. The Labute approximate surface area is 174 Å². The van der Waals surface area contributed by atoms with Crippen LogP contribution >= 0.6 is 0 Å². The number of nitrogens with zero attached hydrogens (tertiary/aromatic N) is 5. The monoisotopic (exact) mass is 431 g/mol. The molecular weight excluding hydrogens is 413 g/mol. The third kappa shape index (κ3) is 4.88. The number of rotatable bonds is 8. The highest BCUT2D eigenvalue weighted by molar-refractivity contribution is 5.89. The molecule has 0 spiro atoms. The van der Waals surface area contributed by atoms with E-state index in [1.807, 2.05) is 0 Å². The minimum absolute atomic E-state index is 0.0548. The fraction of sp³-hybridized carbons (Fsp3) is 0.278. The second-order valence-electron chi connectivity index (χ2n) is 6.44. The minimum atomic E-state index is -0.682. The Bertz CT molecular complexity index is 1140. The third-order valence-corrected chi connectivity index (χ3v) is 4.29. The quantitative estimate of drug-likeness (QED) is 0.305. The van der Waals surface area contributed by atoms with Gasteiger partial charge in [-0.25, -0.2) is 4.39 Å². The minimum Gasteiger partial charge on any atom is -0.353 e. The molecule has 0 radical (unpaired) electrons. The molecule has 2 amide bonds. The predicted octanol–water partition coefficient (Wildman–Crippen LogP) is 1.14. The van der Waals surface area contributed by atoms with Gasteiger partial charge in [0.1, 0.15) is 23.7 Å². The van der Waals surface area contributed by atoms with Crippen LogP contribution in [0.1, 0.15) is 22.1 Å². The molecule has 13 heteroatoms. The molecule has 1 aromatic carbocycles. The van der Waals surface area contributed by atoms with Crippen LogP contribution in [-0.2, 0) is 11.3 Å². The van der Waals surface area contributed by atoms with Crippen molar-refractivity contribution in [1.82, 2.24) is 30.6 Å². The molecule has 3 rings (SSSR count). The second-order valence-corrected chi connectivity index (χ2v) is 6.44. The Hall–Kier alpha value is -4.16. The average Bonchev–Trinajstić information content (AvgIpc) is 3.30. The number of aromatic nitrogens is 4. The van der Waals surface area contributed by atoms with E-state index < -0.39 is 22.6 Å². The fourth-order valence-corrected chi connectivity index (χ4v) is 2.82. The second kappa shape index (κ2) is 9.11. The number of carbonyl (C=O) groups is 2. The summed E-state index contributed by atoms with van der Waals surface area (Å²) in [6, 6.07) is 5.80. The number of aryl methyl sites for hydroxylation is 1. The molecule has 0 bridgehead atoms. The lowest BCUT2D eigenvalue weighted by atomic mass is 10.2. The topological polar surface area (TPSA) is 158 Å². The highest BCUT2D eigenvalue weighted by atomic mass is 19.1. The van der Waals surface area contributed by atoms with Gasteiger partial charge in [-0.05, 0) is 26.0 Å². The van der Waals surface area contributed by atoms with Crippen molar-refractivity contribution < 1.29 is 23.4 Å². The van der Waals surface area contributed by atoms with Crippen LogP contribution in [0.5, 0.6) is 0 Å². The van der Waals surface area contributed by atoms with Crippen molar-refractivity contribution in [3.63, 3.8) is 0 Å². The van der Waals surface area contributed by atoms with Crippen molar-refractivity contribution in [2.75, 3.05) is 13.1 Å². The standard InChI is InChI=1S/C18H18FN7O5/c1-10-15(26(29)30)11(2)25(23-10)9-14(27)20-7-8-21-17(28)18-22-16(24-31-18)12-5-3-4-6-13(12)19/h3-6H,7-9H2,1-2H3,(H,20,27)(H,21,28). The van der Waals surface area contributed by atoms with Gasteiger partial charge in [-0.1, -0.05) is 17.3 Å². The summed E-state index contributed by atoms with van der Waals surface area (Å²) in [5, 5.41) is 23.6. The summed E-state index contributed by atoms with van der Waals surface area (Å²) in [5.41, 5.74) is 0.459. The average molecular weight is 431 g/mol. The number of halogens is 1. The maximum atomic E-state index is 13.8. The molecule has 0 fully saturated rings. The Morgan fingerprint density at radius 3 is 2.61 bits per heavy atom. The van der Waals surface area contributed by atoms with Crippen LogP contribution in [0.2, 0.25) is 0 Å². The van der Waals surface area contributed by atoms with Gasteiger partial charge in [-0.15, -0.1) is 0 Å². The smallest absolute Gasteiger partial charge is 0.316 e. The first-order chi connectivity index (χ1) is 14.8. The Morgan fingerprint density at radius 1 is 1.23 bits per heavy atom. The van der Waals surface area contributed by atoms with E-state index in [4.69, 9.17) is 4.52 Å². The lowest BCUT2D eigenvalue weighted by Gasteiger charge is -2.06. The molecule has 31 heavy (non-hydrogen) atoms. The van der Waals surface area contributed by atoms with Gasteiger partial charge in [-0.2, -0.15) is 10.1 Å². The first-order valence-corrected chi connectivity index (χ1v) is 9.09. The lowest BCUT2D eigenvalue weighted by molar-refractivity contribution is -0.386. The normalized spacial score (nSPS) is 10.7. The van der Waals surface area contributed by atoms with Gasteiger partial charge in [0.15, 0.2) is 0 Å². The van der Waals surface area contributed by atoms with Crippen LogP contribution < -0.4 is 10.6 Å². The Balaban J connectivity index is 1.47. The first-order valence-electron chi connectivity index (χ1n) is 9.09. The van der Waals surface area contributed by atoms with E-state index in [0.717, 1.165) is 0 Å². The molecule has 0 saturated carbocycles. The molecule has 0 atom stereocenters. The number of benzene rings is 1. The van der Waals surface area contributed by atoms with Crippen LogP contribution in [0.15, 0.2) is 28.8 Å². The maximum Gasteiger partial charge on any atom is 0.316 e. The zero-order valence-electron chi connectivity index (χ0n) is 16.6.